The Bertz CT molecular complexity index is 1010. The molecule has 3 rings (SSSR count). The minimum atomic E-state index is -0.438. The highest BCUT2D eigenvalue weighted by molar-refractivity contribution is 7.71. The summed E-state index contributed by atoms with van der Waals surface area (Å²) in [6, 6.07) is 12.4. The lowest BCUT2D eigenvalue weighted by molar-refractivity contribution is 0.0381. The van der Waals surface area contributed by atoms with Crippen molar-refractivity contribution in [1.29, 1.82) is 0 Å². The van der Waals surface area contributed by atoms with Crippen LogP contribution in [0.5, 0.6) is 0 Å². The Balaban J connectivity index is 2.38. The summed E-state index contributed by atoms with van der Waals surface area (Å²) in [6.07, 6.45) is -0.252. The minimum absolute atomic E-state index is 0.252. The standard InChI is InChI=1S/C19H15Cl2NO2S/c1-10(2)24-19(23)17-14-9-13(21)7-8-15(14)22-18(25)16(17)11-3-5-12(20)6-4-11/h3-10H,1-2H3,(H,22,25). The summed E-state index contributed by atoms with van der Waals surface area (Å²) in [5.74, 6) is -0.438. The van der Waals surface area contributed by atoms with Gasteiger partial charge in [-0.1, -0.05) is 47.6 Å². The number of nitrogens with one attached hydrogen (secondary N) is 1. The molecule has 3 aromatic rings. The Hall–Kier alpha value is -1.88. The van der Waals surface area contributed by atoms with E-state index in [1.54, 1.807) is 44.2 Å². The van der Waals surface area contributed by atoms with Crippen molar-refractivity contribution < 1.29 is 9.53 Å². The van der Waals surface area contributed by atoms with Gasteiger partial charge in [0.05, 0.1) is 11.7 Å². The number of carbonyl (C=O) groups is 1. The first kappa shape index (κ1) is 17.9. The SMILES string of the molecule is CC(C)OC(=O)c1c(-c2ccc(Cl)cc2)c(=S)[nH]c2ccc(Cl)cc12. The molecule has 2 aromatic carbocycles. The normalized spacial score (nSPS) is 11.1. The Morgan fingerprint density at radius 3 is 2.36 bits per heavy atom. The molecule has 0 radical (unpaired) electrons. The van der Waals surface area contributed by atoms with Crippen molar-refractivity contribution in [2.75, 3.05) is 0 Å². The van der Waals surface area contributed by atoms with Gasteiger partial charge in [0.2, 0.25) is 0 Å². The molecule has 25 heavy (non-hydrogen) atoms. The van der Waals surface area contributed by atoms with Gasteiger partial charge in [-0.15, -0.1) is 0 Å². The number of H-pyrrole nitrogens is 1. The molecule has 0 aliphatic heterocycles. The molecule has 0 atom stereocenters. The van der Waals surface area contributed by atoms with Crippen molar-refractivity contribution in [3.8, 4) is 11.1 Å². The number of aromatic amines is 1. The maximum Gasteiger partial charge on any atom is 0.339 e. The Morgan fingerprint density at radius 2 is 1.72 bits per heavy atom. The number of carbonyl (C=O) groups excluding carboxylic acids is 1. The fourth-order valence-electron chi connectivity index (χ4n) is 2.64. The summed E-state index contributed by atoms with van der Waals surface area (Å²) in [6.45, 7) is 3.61. The zero-order valence-corrected chi connectivity index (χ0v) is 15.9. The molecule has 0 amide bonds. The lowest BCUT2D eigenvalue weighted by Gasteiger charge is -2.15. The van der Waals surface area contributed by atoms with Crippen molar-refractivity contribution in [3.63, 3.8) is 0 Å². The van der Waals surface area contributed by atoms with Crippen LogP contribution in [0.25, 0.3) is 22.0 Å². The van der Waals surface area contributed by atoms with Crippen LogP contribution in [0.1, 0.15) is 24.2 Å². The number of benzene rings is 2. The predicted octanol–water partition coefficient (Wildman–Crippen LogP) is 6.44. The summed E-state index contributed by atoms with van der Waals surface area (Å²) < 4.78 is 5.91. The maximum atomic E-state index is 12.8. The van der Waals surface area contributed by atoms with Crippen molar-refractivity contribution in [2.24, 2.45) is 0 Å². The molecular weight excluding hydrogens is 377 g/mol. The average Bonchev–Trinajstić information content (AvgIpc) is 2.54. The molecule has 0 bridgehead atoms. The first-order chi connectivity index (χ1) is 11.9. The van der Waals surface area contributed by atoms with Gasteiger partial charge in [0.1, 0.15) is 4.64 Å². The fourth-order valence-corrected chi connectivity index (χ4v) is 3.27. The van der Waals surface area contributed by atoms with Gasteiger partial charge in [-0.05, 0) is 49.7 Å². The van der Waals surface area contributed by atoms with E-state index in [1.165, 1.54) is 0 Å². The monoisotopic (exact) mass is 391 g/mol. The maximum absolute atomic E-state index is 12.8. The number of halogens is 2. The molecule has 1 N–H and O–H groups in total. The molecule has 0 aliphatic rings. The third-order valence-electron chi connectivity index (χ3n) is 3.66. The lowest BCUT2D eigenvalue weighted by Crippen LogP contribution is -2.14. The Morgan fingerprint density at radius 1 is 1.08 bits per heavy atom. The van der Waals surface area contributed by atoms with E-state index >= 15 is 0 Å². The van der Waals surface area contributed by atoms with Crippen molar-refractivity contribution in [3.05, 3.63) is 62.7 Å². The lowest BCUT2D eigenvalue weighted by atomic mass is 9.97. The molecule has 1 aromatic heterocycles. The summed E-state index contributed by atoms with van der Waals surface area (Å²) >= 11 is 17.7. The largest absolute Gasteiger partial charge is 0.459 e. The predicted molar refractivity (Wildman–Crippen MR) is 105 cm³/mol. The van der Waals surface area contributed by atoms with Crippen LogP contribution in [0.2, 0.25) is 10.0 Å². The molecule has 0 saturated carbocycles. The summed E-state index contributed by atoms with van der Waals surface area (Å²) in [4.78, 5) is 16.0. The van der Waals surface area contributed by atoms with Crippen LogP contribution < -0.4 is 0 Å². The van der Waals surface area contributed by atoms with E-state index < -0.39 is 5.97 Å². The quantitative estimate of drug-likeness (QED) is 0.412. The number of esters is 1. The first-order valence-electron chi connectivity index (χ1n) is 7.69. The average molecular weight is 392 g/mol. The van der Waals surface area contributed by atoms with Crippen LogP contribution in [0.3, 0.4) is 0 Å². The van der Waals surface area contributed by atoms with E-state index in [0.717, 1.165) is 11.1 Å². The highest BCUT2D eigenvalue weighted by Gasteiger charge is 2.21. The molecule has 6 heteroatoms. The minimum Gasteiger partial charge on any atom is -0.459 e. The van der Waals surface area contributed by atoms with E-state index in [1.807, 2.05) is 12.1 Å². The van der Waals surface area contributed by atoms with E-state index in [2.05, 4.69) is 4.98 Å². The van der Waals surface area contributed by atoms with Crippen molar-refractivity contribution >= 4 is 52.3 Å². The number of fused-ring (bicyclic) bond motifs is 1. The van der Waals surface area contributed by atoms with Crippen LogP contribution in [-0.4, -0.2) is 17.1 Å². The highest BCUT2D eigenvalue weighted by atomic mass is 35.5. The van der Waals surface area contributed by atoms with Gasteiger partial charge in [0, 0.05) is 26.5 Å². The molecule has 3 nitrogen and oxygen atoms in total. The Kier molecular flexibility index (Phi) is 5.13. The molecule has 0 saturated heterocycles. The van der Waals surface area contributed by atoms with E-state index in [0.29, 0.717) is 31.2 Å². The first-order valence-corrected chi connectivity index (χ1v) is 8.85. The van der Waals surface area contributed by atoms with Gasteiger partial charge >= 0.3 is 5.97 Å². The number of aromatic nitrogens is 1. The van der Waals surface area contributed by atoms with Crippen LogP contribution >= 0.6 is 35.4 Å². The smallest absolute Gasteiger partial charge is 0.339 e. The van der Waals surface area contributed by atoms with E-state index in [9.17, 15) is 4.79 Å². The topological polar surface area (TPSA) is 42.1 Å². The zero-order chi connectivity index (χ0) is 18.1. The van der Waals surface area contributed by atoms with Gasteiger partial charge in [0.25, 0.3) is 0 Å². The molecular formula is C19H15Cl2NO2S. The van der Waals surface area contributed by atoms with Gasteiger partial charge < -0.3 is 9.72 Å². The number of pyridine rings is 1. The Labute approximate surface area is 160 Å². The van der Waals surface area contributed by atoms with Crippen LogP contribution in [0.4, 0.5) is 0 Å². The van der Waals surface area contributed by atoms with E-state index in [4.69, 9.17) is 40.2 Å². The summed E-state index contributed by atoms with van der Waals surface area (Å²) in [5.41, 5.74) is 2.51. The van der Waals surface area contributed by atoms with Gasteiger partial charge in [-0.3, -0.25) is 0 Å². The second kappa shape index (κ2) is 7.16. The molecule has 0 spiro atoms. The van der Waals surface area contributed by atoms with Gasteiger partial charge in [-0.2, -0.15) is 0 Å². The molecule has 0 unspecified atom stereocenters. The fraction of sp³-hybridized carbons (Fsp3) is 0.158. The van der Waals surface area contributed by atoms with Gasteiger partial charge in [-0.25, -0.2) is 4.79 Å². The van der Waals surface area contributed by atoms with Gasteiger partial charge in [0.15, 0.2) is 0 Å². The zero-order valence-electron chi connectivity index (χ0n) is 13.6. The summed E-state index contributed by atoms with van der Waals surface area (Å²) in [7, 11) is 0. The number of rotatable bonds is 3. The van der Waals surface area contributed by atoms with E-state index in [-0.39, 0.29) is 6.10 Å². The number of ether oxygens (including phenoxy) is 1. The second-order valence-corrected chi connectivity index (χ2v) is 7.14. The van der Waals surface area contributed by atoms with Crippen molar-refractivity contribution in [1.82, 2.24) is 4.98 Å². The summed E-state index contributed by atoms with van der Waals surface area (Å²) in [5, 5.41) is 1.80. The van der Waals surface area contributed by atoms with Crippen LogP contribution in [0, 0.1) is 4.64 Å². The van der Waals surface area contributed by atoms with Crippen molar-refractivity contribution in [2.45, 2.75) is 20.0 Å². The third-order valence-corrected chi connectivity index (χ3v) is 4.45. The number of hydrogen-bond acceptors (Lipinski definition) is 3. The van der Waals surface area contributed by atoms with Crippen LogP contribution in [-0.2, 0) is 4.74 Å². The third kappa shape index (κ3) is 3.71. The molecule has 128 valence electrons. The second-order valence-electron chi connectivity index (χ2n) is 5.85. The molecule has 0 aliphatic carbocycles. The highest BCUT2D eigenvalue weighted by Crippen LogP contribution is 2.33. The number of hydrogen-bond donors (Lipinski definition) is 1. The molecule has 0 fully saturated rings. The van der Waals surface area contributed by atoms with Crippen LogP contribution in [0.15, 0.2) is 42.5 Å². The molecule has 1 heterocycles.